The maximum atomic E-state index is 13.8. The van der Waals surface area contributed by atoms with Crippen molar-refractivity contribution in [1.82, 2.24) is 0 Å². The van der Waals surface area contributed by atoms with Crippen molar-refractivity contribution in [3.8, 4) is 17.6 Å². The second kappa shape index (κ2) is 14.6. The quantitative estimate of drug-likeness (QED) is 0.231. The Hall–Kier alpha value is -2.34. The summed E-state index contributed by atoms with van der Waals surface area (Å²) in [6, 6.07) is 10.7. The number of ether oxygens (including phenoxy) is 1. The summed E-state index contributed by atoms with van der Waals surface area (Å²) in [6.07, 6.45) is 16.0. The average Bonchev–Trinajstić information content (AvgIpc) is 2.79. The molecule has 0 fully saturated rings. The van der Waals surface area contributed by atoms with Crippen LogP contribution in [0.25, 0.3) is 0 Å². The number of methoxy groups -OCH3 is 1. The minimum Gasteiger partial charge on any atom is -0.492 e. The van der Waals surface area contributed by atoms with E-state index >= 15 is 0 Å². The third kappa shape index (κ3) is 9.13. The molecule has 0 saturated carbocycles. The molecule has 0 bridgehead atoms. The maximum Gasteiger partial charge on any atom is 0.201 e. The Morgan fingerprint density at radius 1 is 0.710 bits per heavy atom. The van der Waals surface area contributed by atoms with Crippen LogP contribution < -0.4 is 4.74 Å². The first-order valence-corrected chi connectivity index (χ1v) is 11.8. The normalized spacial score (nSPS) is 10.6. The molecule has 0 aliphatic carbocycles. The van der Waals surface area contributed by atoms with Gasteiger partial charge in [-0.3, -0.25) is 0 Å². The van der Waals surface area contributed by atoms with Crippen LogP contribution in [0.1, 0.15) is 94.2 Å². The first-order valence-electron chi connectivity index (χ1n) is 11.8. The lowest BCUT2D eigenvalue weighted by Crippen LogP contribution is -1.95. The summed E-state index contributed by atoms with van der Waals surface area (Å²) in [5.74, 6) is 3.79. The van der Waals surface area contributed by atoms with Gasteiger partial charge in [0.15, 0.2) is 11.6 Å². The largest absolute Gasteiger partial charge is 0.492 e. The second-order valence-corrected chi connectivity index (χ2v) is 8.17. The highest BCUT2D eigenvalue weighted by atomic mass is 19.2. The van der Waals surface area contributed by atoms with Gasteiger partial charge in [-0.05, 0) is 42.7 Å². The fourth-order valence-corrected chi connectivity index (χ4v) is 3.72. The molecule has 168 valence electrons. The van der Waals surface area contributed by atoms with Crippen molar-refractivity contribution in [3.63, 3.8) is 0 Å². The molecular weight excluding hydrogens is 390 g/mol. The number of unbranched alkanes of at least 4 members (excludes halogenated alkanes) is 10. The van der Waals surface area contributed by atoms with Crippen molar-refractivity contribution in [2.45, 2.75) is 84.0 Å². The number of hydrogen-bond acceptors (Lipinski definition) is 1. The fraction of sp³-hybridized carbons (Fsp3) is 0.500. The summed E-state index contributed by atoms with van der Waals surface area (Å²) in [5.41, 5.74) is 2.49. The van der Waals surface area contributed by atoms with Gasteiger partial charge in [0.1, 0.15) is 0 Å². The zero-order valence-corrected chi connectivity index (χ0v) is 19.1. The molecule has 3 heteroatoms. The summed E-state index contributed by atoms with van der Waals surface area (Å²) in [6.45, 7) is 2.26. The smallest absolute Gasteiger partial charge is 0.201 e. The van der Waals surface area contributed by atoms with Gasteiger partial charge in [0.2, 0.25) is 5.82 Å². The lowest BCUT2D eigenvalue weighted by molar-refractivity contribution is 0.370. The molecule has 0 radical (unpaired) electrons. The Balaban J connectivity index is 1.68. The molecule has 1 nitrogen and oxygen atoms in total. The Labute approximate surface area is 187 Å². The molecule has 0 heterocycles. The third-order valence-corrected chi connectivity index (χ3v) is 5.62. The summed E-state index contributed by atoms with van der Waals surface area (Å²) in [7, 11) is 1.31. The molecule has 0 saturated heterocycles. The highest BCUT2D eigenvalue weighted by Gasteiger charge is 2.12. The molecule has 2 aromatic carbocycles. The molecule has 0 aliphatic rings. The van der Waals surface area contributed by atoms with E-state index in [-0.39, 0.29) is 5.75 Å². The number of hydrogen-bond donors (Lipinski definition) is 0. The van der Waals surface area contributed by atoms with Gasteiger partial charge in [0, 0.05) is 5.56 Å². The van der Waals surface area contributed by atoms with E-state index in [0.29, 0.717) is 5.56 Å². The van der Waals surface area contributed by atoms with Gasteiger partial charge >= 0.3 is 0 Å². The number of benzene rings is 2. The van der Waals surface area contributed by atoms with E-state index in [0.717, 1.165) is 18.1 Å². The van der Waals surface area contributed by atoms with Crippen molar-refractivity contribution < 1.29 is 13.5 Å². The SMILES string of the molecule is CCCCCCCCCCCCCc1ccc(C#Cc2ccc(F)c(F)c2OC)cc1. The van der Waals surface area contributed by atoms with Crippen LogP contribution in [0.2, 0.25) is 0 Å². The van der Waals surface area contributed by atoms with Crippen molar-refractivity contribution >= 4 is 0 Å². The zero-order chi connectivity index (χ0) is 22.3. The zero-order valence-electron chi connectivity index (χ0n) is 19.1. The van der Waals surface area contributed by atoms with Gasteiger partial charge in [0.05, 0.1) is 12.7 Å². The van der Waals surface area contributed by atoms with Crippen molar-refractivity contribution in [3.05, 3.63) is 64.7 Å². The van der Waals surface area contributed by atoms with E-state index in [1.165, 1.54) is 89.4 Å². The summed E-state index contributed by atoms with van der Waals surface area (Å²) >= 11 is 0. The van der Waals surface area contributed by atoms with E-state index in [1.54, 1.807) is 0 Å². The van der Waals surface area contributed by atoms with Crippen LogP contribution in [-0.4, -0.2) is 7.11 Å². The summed E-state index contributed by atoms with van der Waals surface area (Å²) < 4.78 is 32.0. The highest BCUT2D eigenvalue weighted by Crippen LogP contribution is 2.24. The Bertz CT molecular complexity index is 831. The van der Waals surface area contributed by atoms with Crippen LogP contribution in [0, 0.1) is 23.5 Å². The van der Waals surface area contributed by atoms with Gasteiger partial charge in [0.25, 0.3) is 0 Å². The molecule has 0 atom stereocenters. The van der Waals surface area contributed by atoms with Crippen molar-refractivity contribution in [2.75, 3.05) is 7.11 Å². The van der Waals surface area contributed by atoms with Crippen molar-refractivity contribution in [1.29, 1.82) is 0 Å². The third-order valence-electron chi connectivity index (χ3n) is 5.62. The molecule has 0 aliphatic heterocycles. The number of aryl methyl sites for hydroxylation is 1. The Kier molecular flexibility index (Phi) is 11.8. The molecule has 0 unspecified atom stereocenters. The van der Waals surface area contributed by atoms with E-state index < -0.39 is 11.6 Å². The molecule has 0 amide bonds. The van der Waals surface area contributed by atoms with Gasteiger partial charge in [-0.25, -0.2) is 4.39 Å². The van der Waals surface area contributed by atoms with E-state index in [1.807, 2.05) is 12.1 Å². The summed E-state index contributed by atoms with van der Waals surface area (Å²) in [5, 5.41) is 0. The minimum atomic E-state index is -1.00. The Morgan fingerprint density at radius 2 is 1.29 bits per heavy atom. The van der Waals surface area contributed by atoms with Crippen LogP contribution in [0.4, 0.5) is 8.78 Å². The van der Waals surface area contributed by atoms with Crippen molar-refractivity contribution in [2.24, 2.45) is 0 Å². The lowest BCUT2D eigenvalue weighted by Gasteiger charge is -2.05. The van der Waals surface area contributed by atoms with Crippen LogP contribution in [0.15, 0.2) is 36.4 Å². The Morgan fingerprint density at radius 3 is 1.87 bits per heavy atom. The fourth-order valence-electron chi connectivity index (χ4n) is 3.72. The van der Waals surface area contributed by atoms with Gasteiger partial charge in [-0.1, -0.05) is 95.1 Å². The van der Waals surface area contributed by atoms with Crippen LogP contribution in [0.3, 0.4) is 0 Å². The molecule has 31 heavy (non-hydrogen) atoms. The number of halogens is 2. The first-order chi connectivity index (χ1) is 15.2. The van der Waals surface area contributed by atoms with Gasteiger partial charge in [-0.2, -0.15) is 4.39 Å². The highest BCUT2D eigenvalue weighted by molar-refractivity contribution is 5.50. The molecule has 2 rings (SSSR count). The van der Waals surface area contributed by atoms with Gasteiger partial charge < -0.3 is 4.74 Å². The standard InChI is InChI=1S/C28H36F2O/c1-3-4-5-6-7-8-9-10-11-12-13-14-23-15-17-24(18-16-23)19-20-25-21-22-26(29)27(30)28(25)31-2/h15-18,21-22H,3-14H2,1-2H3. The topological polar surface area (TPSA) is 9.23 Å². The van der Waals surface area contributed by atoms with Crippen LogP contribution in [0.5, 0.6) is 5.75 Å². The molecule has 0 spiro atoms. The summed E-state index contributed by atoms with van der Waals surface area (Å²) in [4.78, 5) is 0. The second-order valence-electron chi connectivity index (χ2n) is 8.17. The predicted octanol–water partition coefficient (Wildman–Crippen LogP) is 8.23. The number of rotatable bonds is 13. The monoisotopic (exact) mass is 426 g/mol. The first kappa shape index (κ1) is 24.9. The van der Waals surface area contributed by atoms with E-state index in [4.69, 9.17) is 4.74 Å². The predicted molar refractivity (Wildman–Crippen MR) is 125 cm³/mol. The molecular formula is C28H36F2O. The lowest BCUT2D eigenvalue weighted by atomic mass is 10.0. The van der Waals surface area contributed by atoms with Gasteiger partial charge in [-0.15, -0.1) is 0 Å². The minimum absolute atomic E-state index is 0.152. The molecule has 2 aromatic rings. The van der Waals surface area contributed by atoms with Crippen LogP contribution >= 0.6 is 0 Å². The van der Waals surface area contributed by atoms with E-state index in [2.05, 4.69) is 30.9 Å². The average molecular weight is 427 g/mol. The van der Waals surface area contributed by atoms with E-state index in [9.17, 15) is 8.78 Å². The molecule has 0 N–H and O–H groups in total. The maximum absolute atomic E-state index is 13.8. The molecule has 0 aromatic heterocycles. The van der Waals surface area contributed by atoms with Crippen LogP contribution in [-0.2, 0) is 6.42 Å².